The maximum Gasteiger partial charge on any atom is 0.226 e. The van der Waals surface area contributed by atoms with Gasteiger partial charge in [-0.3, -0.25) is 4.79 Å². The van der Waals surface area contributed by atoms with Gasteiger partial charge in [0.05, 0.1) is 5.69 Å². The topological polar surface area (TPSA) is 72.7 Å². The average molecular weight is 376 g/mol. The fourth-order valence-electron chi connectivity index (χ4n) is 3.19. The lowest BCUT2D eigenvalue weighted by Gasteiger charge is -2.24. The lowest BCUT2D eigenvalue weighted by atomic mass is 9.85. The van der Waals surface area contributed by atoms with Gasteiger partial charge in [0.15, 0.2) is 22.6 Å². The van der Waals surface area contributed by atoms with Crippen molar-refractivity contribution in [1.29, 1.82) is 0 Å². The van der Waals surface area contributed by atoms with E-state index >= 15 is 0 Å². The number of fused-ring (bicyclic) bond motifs is 1. The Bertz CT molecular complexity index is 1020. The quantitative estimate of drug-likeness (QED) is 0.745. The summed E-state index contributed by atoms with van der Waals surface area (Å²) in [6.45, 7) is 1.74. The number of rotatable bonds is 2. The number of carbonyl (C=O) groups is 1. The van der Waals surface area contributed by atoms with E-state index in [-0.39, 0.29) is 23.0 Å². The van der Waals surface area contributed by atoms with Gasteiger partial charge in [-0.05, 0) is 30.7 Å². The molecule has 1 N–H and O–H groups in total. The molecule has 1 atom stereocenters. The Hall–Kier alpha value is -2.87. The third-order valence-corrected chi connectivity index (χ3v) is 4.50. The summed E-state index contributed by atoms with van der Waals surface area (Å²) in [6, 6.07) is 7.08. The average Bonchev–Trinajstić information content (AvgIpc) is 2.94. The van der Waals surface area contributed by atoms with Crippen molar-refractivity contribution in [3.63, 3.8) is 0 Å². The summed E-state index contributed by atoms with van der Waals surface area (Å²) in [4.78, 5) is 12.2. The molecule has 4 rings (SSSR count). The molecule has 26 heavy (non-hydrogen) atoms. The summed E-state index contributed by atoms with van der Waals surface area (Å²) in [6.07, 6.45) is -0.00774. The van der Waals surface area contributed by atoms with Crippen LogP contribution >= 0.6 is 11.6 Å². The van der Waals surface area contributed by atoms with E-state index in [0.717, 1.165) is 6.07 Å². The van der Waals surface area contributed by atoms with E-state index < -0.39 is 17.6 Å². The first-order chi connectivity index (χ1) is 12.5. The zero-order chi connectivity index (χ0) is 18.4. The van der Waals surface area contributed by atoms with E-state index in [1.165, 1.54) is 16.8 Å². The van der Waals surface area contributed by atoms with Crippen LogP contribution < -0.4 is 5.32 Å². The number of hydrogen-bond donors (Lipinski definition) is 1. The predicted octanol–water partition coefficient (Wildman–Crippen LogP) is 3.38. The van der Waals surface area contributed by atoms with Crippen molar-refractivity contribution in [3.05, 3.63) is 63.9 Å². The van der Waals surface area contributed by atoms with Gasteiger partial charge in [0, 0.05) is 17.9 Å². The number of amides is 1. The molecule has 0 radical (unpaired) electrons. The highest BCUT2D eigenvalue weighted by molar-refractivity contribution is 6.29. The Morgan fingerprint density at radius 2 is 2.04 bits per heavy atom. The minimum Gasteiger partial charge on any atom is -0.310 e. The van der Waals surface area contributed by atoms with Crippen molar-refractivity contribution in [2.45, 2.75) is 19.3 Å². The number of hydrogen-bond acceptors (Lipinski definition) is 4. The molecule has 0 unspecified atom stereocenters. The minimum absolute atomic E-state index is 0.00774. The minimum atomic E-state index is -0.961. The fourth-order valence-corrected chi connectivity index (χ4v) is 3.29. The van der Waals surface area contributed by atoms with E-state index in [1.54, 1.807) is 19.1 Å². The maximum atomic E-state index is 14.3. The summed E-state index contributed by atoms with van der Waals surface area (Å²) in [5, 5.41) is 15.1. The molecule has 0 spiro atoms. The molecule has 1 aliphatic heterocycles. The van der Waals surface area contributed by atoms with Gasteiger partial charge in [0.25, 0.3) is 0 Å². The van der Waals surface area contributed by atoms with Crippen LogP contribution in [-0.2, 0) is 4.79 Å². The van der Waals surface area contributed by atoms with Gasteiger partial charge < -0.3 is 5.32 Å². The molecule has 3 aromatic rings. The normalized spacial score (nSPS) is 16.3. The van der Waals surface area contributed by atoms with Crippen LogP contribution in [0.25, 0.3) is 5.82 Å². The maximum absolute atomic E-state index is 14.3. The molecule has 2 aromatic heterocycles. The van der Waals surface area contributed by atoms with Crippen LogP contribution in [0, 0.1) is 18.6 Å². The summed E-state index contributed by atoms with van der Waals surface area (Å²) in [5.41, 5.74) is 1.31. The van der Waals surface area contributed by atoms with E-state index in [2.05, 4.69) is 20.6 Å². The molecule has 6 nitrogen and oxygen atoms in total. The molecule has 1 aromatic carbocycles. The monoisotopic (exact) mass is 375 g/mol. The van der Waals surface area contributed by atoms with Crippen LogP contribution in [0.5, 0.6) is 0 Å². The molecule has 3 heterocycles. The largest absolute Gasteiger partial charge is 0.310 e. The summed E-state index contributed by atoms with van der Waals surface area (Å²) >= 11 is 5.76. The van der Waals surface area contributed by atoms with Gasteiger partial charge in [-0.2, -0.15) is 9.78 Å². The van der Waals surface area contributed by atoms with Gasteiger partial charge in [0.1, 0.15) is 5.82 Å². The molecule has 0 bridgehead atoms. The number of aryl methyl sites for hydroxylation is 1. The third kappa shape index (κ3) is 2.62. The summed E-state index contributed by atoms with van der Waals surface area (Å²) in [5.74, 6) is -2.18. The van der Waals surface area contributed by atoms with E-state index in [4.69, 9.17) is 11.6 Å². The number of carbonyl (C=O) groups excluding carboxylic acids is 1. The van der Waals surface area contributed by atoms with Crippen LogP contribution in [0.4, 0.5) is 14.6 Å². The van der Waals surface area contributed by atoms with E-state index in [0.29, 0.717) is 22.9 Å². The van der Waals surface area contributed by atoms with Crippen molar-refractivity contribution < 1.29 is 13.6 Å². The van der Waals surface area contributed by atoms with Crippen LogP contribution in [0.2, 0.25) is 5.15 Å². The smallest absolute Gasteiger partial charge is 0.226 e. The second-order valence-electron chi connectivity index (χ2n) is 5.92. The zero-order valence-corrected chi connectivity index (χ0v) is 14.3. The number of nitrogens with zero attached hydrogens (tertiary/aromatic N) is 4. The van der Waals surface area contributed by atoms with Crippen molar-refractivity contribution in [1.82, 2.24) is 20.0 Å². The van der Waals surface area contributed by atoms with Gasteiger partial charge in [-0.25, -0.2) is 8.78 Å². The molecule has 0 saturated heterocycles. The van der Waals surface area contributed by atoms with E-state index in [9.17, 15) is 13.6 Å². The Morgan fingerprint density at radius 3 is 2.77 bits per heavy atom. The van der Waals surface area contributed by atoms with Crippen molar-refractivity contribution >= 4 is 23.3 Å². The second kappa shape index (κ2) is 6.14. The predicted molar refractivity (Wildman–Crippen MR) is 90.3 cm³/mol. The molecular weight excluding hydrogens is 364 g/mol. The molecule has 9 heteroatoms. The highest BCUT2D eigenvalue weighted by Crippen LogP contribution is 2.41. The molecule has 0 aliphatic carbocycles. The van der Waals surface area contributed by atoms with Gasteiger partial charge in [0.2, 0.25) is 5.91 Å². The first-order valence-electron chi connectivity index (χ1n) is 7.78. The van der Waals surface area contributed by atoms with Crippen molar-refractivity contribution in [2.75, 3.05) is 5.32 Å². The van der Waals surface area contributed by atoms with E-state index in [1.807, 2.05) is 0 Å². The summed E-state index contributed by atoms with van der Waals surface area (Å²) in [7, 11) is 0. The number of anilines is 1. The summed E-state index contributed by atoms with van der Waals surface area (Å²) < 4.78 is 29.4. The number of aromatic nitrogens is 4. The number of benzene rings is 1. The molecule has 1 amide bonds. The number of halogens is 3. The second-order valence-corrected chi connectivity index (χ2v) is 6.31. The Balaban J connectivity index is 1.90. The lowest BCUT2D eigenvalue weighted by molar-refractivity contribution is -0.116. The molecule has 0 saturated carbocycles. The van der Waals surface area contributed by atoms with Crippen LogP contribution in [-0.4, -0.2) is 25.9 Å². The molecule has 1 aliphatic rings. The van der Waals surface area contributed by atoms with Crippen LogP contribution in [0.3, 0.4) is 0 Å². The fraction of sp³-hybridized carbons (Fsp3) is 0.176. The first-order valence-corrected chi connectivity index (χ1v) is 8.16. The third-order valence-electron chi connectivity index (χ3n) is 4.29. The van der Waals surface area contributed by atoms with Crippen molar-refractivity contribution in [3.8, 4) is 5.82 Å². The van der Waals surface area contributed by atoms with Gasteiger partial charge in [-0.15, -0.1) is 10.2 Å². The molecule has 132 valence electrons. The Labute approximate surface area is 151 Å². The Morgan fingerprint density at radius 1 is 1.23 bits per heavy atom. The lowest BCUT2D eigenvalue weighted by Crippen LogP contribution is -2.25. The Kier molecular flexibility index (Phi) is 3.91. The first kappa shape index (κ1) is 16.6. The van der Waals surface area contributed by atoms with Crippen LogP contribution in [0.15, 0.2) is 30.3 Å². The SMILES string of the molecule is Cc1nn(-c2ccc(Cl)nn2)c2c1[C@H](c1cccc(F)c1F)CC(=O)N2. The zero-order valence-electron chi connectivity index (χ0n) is 13.5. The number of nitrogens with one attached hydrogen (secondary N) is 1. The highest BCUT2D eigenvalue weighted by Gasteiger charge is 2.34. The molecule has 0 fully saturated rings. The highest BCUT2D eigenvalue weighted by atomic mass is 35.5. The van der Waals surface area contributed by atoms with Crippen LogP contribution in [0.1, 0.15) is 29.2 Å². The van der Waals surface area contributed by atoms with Gasteiger partial charge in [-0.1, -0.05) is 23.7 Å². The van der Waals surface area contributed by atoms with Crippen molar-refractivity contribution in [2.24, 2.45) is 0 Å². The molecular formula is C17H12ClF2N5O. The van der Waals surface area contributed by atoms with Gasteiger partial charge >= 0.3 is 0 Å². The standard InChI is InChI=1S/C17H12ClF2N5O/c1-8-15-10(9-3-2-4-11(19)16(9)20)7-14(26)21-17(15)25(24-8)13-6-5-12(18)22-23-13/h2-6,10H,7H2,1H3,(H,21,26)/t10-/m0/s1.